The van der Waals surface area contributed by atoms with Gasteiger partial charge >= 0.3 is 6.03 Å². The molecule has 0 bridgehead atoms. The molecule has 1 fully saturated rings. The first-order chi connectivity index (χ1) is 13.5. The zero-order valence-electron chi connectivity index (χ0n) is 15.5. The summed E-state index contributed by atoms with van der Waals surface area (Å²) in [6.45, 7) is 0.252. The Morgan fingerprint density at radius 2 is 1.82 bits per heavy atom. The molecular weight excluding hydrogens is 423 g/mol. The summed E-state index contributed by atoms with van der Waals surface area (Å²) in [6.07, 6.45) is 5.52. The van der Waals surface area contributed by atoms with E-state index in [1.807, 2.05) is 6.26 Å². The van der Waals surface area contributed by atoms with Crippen LogP contribution in [0.1, 0.15) is 18.4 Å². The maximum atomic E-state index is 13.5. The number of urea groups is 1. The Labute approximate surface area is 176 Å². The molecule has 2 heterocycles. The van der Waals surface area contributed by atoms with Gasteiger partial charge in [0.2, 0.25) is 0 Å². The summed E-state index contributed by atoms with van der Waals surface area (Å²) in [6, 6.07) is 1.49. The second-order valence-electron chi connectivity index (χ2n) is 6.43. The quantitative estimate of drug-likeness (QED) is 0.498. The van der Waals surface area contributed by atoms with E-state index >= 15 is 0 Å². The zero-order valence-corrected chi connectivity index (χ0v) is 17.9. The first kappa shape index (κ1) is 19.4. The Morgan fingerprint density at radius 3 is 2.36 bits per heavy atom. The number of hydrogen-bond donors (Lipinski definition) is 0. The molecule has 28 heavy (non-hydrogen) atoms. The summed E-state index contributed by atoms with van der Waals surface area (Å²) in [5, 5.41) is 1.13. The number of fused-ring (bicyclic) bond motifs is 1. The van der Waals surface area contributed by atoms with Gasteiger partial charge in [0.25, 0.3) is 0 Å². The van der Waals surface area contributed by atoms with Gasteiger partial charge in [0.1, 0.15) is 27.4 Å². The molecule has 1 saturated carbocycles. The molecule has 148 valence electrons. The van der Waals surface area contributed by atoms with Crippen LogP contribution in [-0.2, 0) is 6.54 Å². The number of hydrogen-bond acceptors (Lipinski definition) is 6. The summed E-state index contributed by atoms with van der Waals surface area (Å²) in [5.41, 5.74) is 1.19. The van der Waals surface area contributed by atoms with E-state index in [-0.39, 0.29) is 28.7 Å². The minimum Gasteiger partial charge on any atom is -0.495 e. The van der Waals surface area contributed by atoms with Crippen LogP contribution < -0.4 is 19.3 Å². The molecule has 10 heteroatoms. The molecule has 4 rings (SSSR count). The van der Waals surface area contributed by atoms with Crippen molar-refractivity contribution in [3.63, 3.8) is 0 Å². The highest BCUT2D eigenvalue weighted by atomic mass is 35.5. The van der Waals surface area contributed by atoms with Gasteiger partial charge in [0, 0.05) is 23.9 Å². The molecule has 0 atom stereocenters. The Hall–Kier alpha value is -1.90. The first-order valence-electron chi connectivity index (χ1n) is 8.60. The van der Waals surface area contributed by atoms with E-state index < -0.39 is 0 Å². The van der Waals surface area contributed by atoms with Crippen molar-refractivity contribution >= 4 is 52.5 Å². The van der Waals surface area contributed by atoms with Gasteiger partial charge in [-0.1, -0.05) is 35.0 Å². The van der Waals surface area contributed by atoms with Gasteiger partial charge in [0.15, 0.2) is 5.16 Å². The number of methoxy groups -OCH3 is 2. The number of carbonyl (C=O) groups excluding carboxylic acids is 1. The molecule has 7 nitrogen and oxygen atoms in total. The van der Waals surface area contributed by atoms with Gasteiger partial charge in [-0.25, -0.2) is 14.8 Å². The minimum absolute atomic E-state index is 0.115. The molecule has 2 amide bonds. The maximum absolute atomic E-state index is 13.5. The van der Waals surface area contributed by atoms with E-state index in [2.05, 4.69) is 9.97 Å². The van der Waals surface area contributed by atoms with Gasteiger partial charge in [-0.15, -0.1) is 0 Å². The highest BCUT2D eigenvalue weighted by molar-refractivity contribution is 7.98. The summed E-state index contributed by atoms with van der Waals surface area (Å²) in [5.74, 6) is 1.41. The number of anilines is 2. The van der Waals surface area contributed by atoms with Crippen LogP contribution in [0.2, 0.25) is 10.0 Å². The van der Waals surface area contributed by atoms with E-state index in [4.69, 9.17) is 32.7 Å². The van der Waals surface area contributed by atoms with E-state index in [0.29, 0.717) is 28.2 Å². The third kappa shape index (κ3) is 3.13. The Balaban J connectivity index is 1.87. The number of aromatic nitrogens is 2. The number of benzene rings is 1. The zero-order chi connectivity index (χ0) is 20.0. The molecule has 2 aliphatic rings. The monoisotopic (exact) mass is 440 g/mol. The summed E-state index contributed by atoms with van der Waals surface area (Å²) in [7, 11) is 3.00. The first-order valence-corrected chi connectivity index (χ1v) is 10.6. The predicted molar refractivity (Wildman–Crippen MR) is 110 cm³/mol. The summed E-state index contributed by atoms with van der Waals surface area (Å²) < 4.78 is 10.7. The standard InChI is InChI=1S/C18H18Cl2N4O3S/c1-26-11-6-12(27-2)14(20)15(13(11)19)23-8-9-7-21-17(28-3)22-16(9)24(18(23)25)10-4-5-10/h6-7,10H,4-5,8H2,1-3H3. The van der Waals surface area contributed by atoms with Crippen molar-refractivity contribution in [3.8, 4) is 11.5 Å². The number of ether oxygens (including phenoxy) is 2. The Kier molecular flexibility index (Phi) is 5.20. The van der Waals surface area contributed by atoms with E-state index in [1.54, 1.807) is 22.1 Å². The fraction of sp³-hybridized carbons (Fsp3) is 0.389. The lowest BCUT2D eigenvalue weighted by Gasteiger charge is -2.37. The topological polar surface area (TPSA) is 67.8 Å². The van der Waals surface area contributed by atoms with Crippen LogP contribution in [0.4, 0.5) is 16.3 Å². The molecule has 1 aliphatic heterocycles. The van der Waals surface area contributed by atoms with Crippen LogP contribution in [0.25, 0.3) is 0 Å². The molecule has 0 unspecified atom stereocenters. The summed E-state index contributed by atoms with van der Waals surface area (Å²) in [4.78, 5) is 25.7. The molecule has 1 aromatic carbocycles. The largest absolute Gasteiger partial charge is 0.495 e. The molecule has 1 aromatic heterocycles. The number of carbonyl (C=O) groups is 1. The third-order valence-electron chi connectivity index (χ3n) is 4.73. The Bertz CT molecular complexity index is 927. The molecule has 0 spiro atoms. The number of amides is 2. The van der Waals surface area contributed by atoms with E-state index in [9.17, 15) is 4.79 Å². The molecule has 0 radical (unpaired) electrons. The molecule has 0 N–H and O–H groups in total. The van der Waals surface area contributed by atoms with Crippen LogP contribution >= 0.6 is 35.0 Å². The highest BCUT2D eigenvalue weighted by Crippen LogP contribution is 2.48. The van der Waals surface area contributed by atoms with E-state index in [1.165, 1.54) is 26.0 Å². The van der Waals surface area contributed by atoms with E-state index in [0.717, 1.165) is 18.4 Å². The van der Waals surface area contributed by atoms with Crippen LogP contribution in [0, 0.1) is 0 Å². The van der Waals surface area contributed by atoms with Crippen molar-refractivity contribution in [3.05, 3.63) is 27.9 Å². The SMILES string of the molecule is COc1cc(OC)c(Cl)c(N2Cc3cnc(SC)nc3N(C3CC3)C2=O)c1Cl. The maximum Gasteiger partial charge on any atom is 0.330 e. The van der Waals surface area contributed by atoms with Crippen molar-refractivity contribution in [1.29, 1.82) is 0 Å². The number of nitrogens with zero attached hydrogens (tertiary/aromatic N) is 4. The van der Waals surface area contributed by atoms with Crippen molar-refractivity contribution < 1.29 is 14.3 Å². The lowest BCUT2D eigenvalue weighted by Crippen LogP contribution is -2.49. The number of rotatable bonds is 5. The lowest BCUT2D eigenvalue weighted by molar-refractivity contribution is 0.249. The number of halogens is 2. The average Bonchev–Trinajstić information content (AvgIpc) is 3.53. The number of thioether (sulfide) groups is 1. The minimum atomic E-state index is -0.222. The molecule has 2 aromatic rings. The van der Waals surface area contributed by atoms with Gasteiger partial charge < -0.3 is 9.47 Å². The van der Waals surface area contributed by atoms with Crippen molar-refractivity contribution in [1.82, 2.24) is 9.97 Å². The highest BCUT2D eigenvalue weighted by Gasteiger charge is 2.43. The van der Waals surface area contributed by atoms with Crippen LogP contribution in [-0.4, -0.2) is 42.5 Å². The van der Waals surface area contributed by atoms with Gasteiger partial charge in [0.05, 0.1) is 26.5 Å². The second-order valence-corrected chi connectivity index (χ2v) is 7.96. The fourth-order valence-electron chi connectivity index (χ4n) is 3.21. The second kappa shape index (κ2) is 7.50. The van der Waals surface area contributed by atoms with Crippen molar-refractivity contribution in [2.45, 2.75) is 30.6 Å². The van der Waals surface area contributed by atoms with Crippen molar-refractivity contribution in [2.75, 3.05) is 30.3 Å². The van der Waals surface area contributed by atoms with Crippen LogP contribution in [0.3, 0.4) is 0 Å². The predicted octanol–water partition coefficient (Wildman–Crippen LogP) is 4.63. The van der Waals surface area contributed by atoms with Crippen LogP contribution in [0.5, 0.6) is 11.5 Å². The Morgan fingerprint density at radius 1 is 1.18 bits per heavy atom. The average molecular weight is 441 g/mol. The molecular formula is C18H18Cl2N4O3S. The third-order valence-corrected chi connectivity index (χ3v) is 6.02. The van der Waals surface area contributed by atoms with Crippen molar-refractivity contribution in [2.24, 2.45) is 0 Å². The van der Waals surface area contributed by atoms with Gasteiger partial charge in [-0.05, 0) is 19.1 Å². The van der Waals surface area contributed by atoms with Gasteiger partial charge in [-0.2, -0.15) is 0 Å². The molecule has 1 aliphatic carbocycles. The fourth-order valence-corrected chi connectivity index (χ4v) is 4.25. The summed E-state index contributed by atoms with van der Waals surface area (Å²) >= 11 is 14.5. The lowest BCUT2D eigenvalue weighted by atomic mass is 10.1. The normalized spacial score (nSPS) is 16.2. The van der Waals surface area contributed by atoms with Crippen LogP contribution in [0.15, 0.2) is 17.4 Å². The smallest absolute Gasteiger partial charge is 0.330 e. The van der Waals surface area contributed by atoms with Gasteiger partial charge in [-0.3, -0.25) is 9.80 Å². The molecule has 0 saturated heterocycles.